The zero-order valence-electron chi connectivity index (χ0n) is 8.06. The van der Waals surface area contributed by atoms with Gasteiger partial charge in [-0.3, -0.25) is 4.79 Å². The van der Waals surface area contributed by atoms with Crippen molar-refractivity contribution in [3.8, 4) is 0 Å². The van der Waals surface area contributed by atoms with Gasteiger partial charge < -0.3 is 9.88 Å². The molecular weight excluding hydrogens is 198 g/mol. The van der Waals surface area contributed by atoms with E-state index in [0.717, 1.165) is 24.2 Å². The van der Waals surface area contributed by atoms with Gasteiger partial charge in [0.2, 0.25) is 0 Å². The maximum Gasteiger partial charge on any atom is 0.265 e. The van der Waals surface area contributed by atoms with Crippen LogP contribution in [0.15, 0.2) is 16.6 Å². The van der Waals surface area contributed by atoms with Gasteiger partial charge in [-0.15, -0.1) is 11.3 Å². The van der Waals surface area contributed by atoms with Crippen LogP contribution in [-0.2, 0) is 11.8 Å². The molecule has 1 aromatic rings. The number of nitrogens with one attached hydrogen (secondary N) is 1. The van der Waals surface area contributed by atoms with Gasteiger partial charge in [0, 0.05) is 18.6 Å². The van der Waals surface area contributed by atoms with Crippen LogP contribution in [0.1, 0.15) is 12.8 Å². The summed E-state index contributed by atoms with van der Waals surface area (Å²) in [5.74, 6) is -0.0412. The van der Waals surface area contributed by atoms with Crippen molar-refractivity contribution in [3.63, 3.8) is 0 Å². The molecule has 0 radical (unpaired) electrons. The molecule has 76 valence electrons. The number of thiazole rings is 1. The van der Waals surface area contributed by atoms with E-state index in [4.69, 9.17) is 0 Å². The molecule has 0 bridgehead atoms. The standard InChI is InChI=1S/C9H13N3OS/c1-12-5-6-14-9(12)11-8(13)7-3-2-4-10-7/h5-7,10H,2-4H2,1H3/t7-/m0/s1. The number of aromatic nitrogens is 1. The molecule has 5 heteroatoms. The molecule has 1 amide bonds. The minimum atomic E-state index is -0.0582. The average molecular weight is 211 g/mol. The molecule has 2 heterocycles. The third-order valence-corrected chi connectivity index (χ3v) is 3.17. The molecule has 1 saturated heterocycles. The van der Waals surface area contributed by atoms with Crippen LogP contribution in [0.4, 0.5) is 0 Å². The Morgan fingerprint density at radius 1 is 1.79 bits per heavy atom. The molecule has 1 aliphatic heterocycles. The van der Waals surface area contributed by atoms with E-state index in [-0.39, 0.29) is 11.9 Å². The summed E-state index contributed by atoms with van der Waals surface area (Å²) in [6.07, 6.45) is 3.89. The van der Waals surface area contributed by atoms with Gasteiger partial charge in [0.1, 0.15) is 0 Å². The molecule has 14 heavy (non-hydrogen) atoms. The van der Waals surface area contributed by atoms with Gasteiger partial charge in [-0.2, -0.15) is 4.99 Å². The monoisotopic (exact) mass is 211 g/mol. The first-order valence-electron chi connectivity index (χ1n) is 4.69. The highest BCUT2D eigenvalue weighted by molar-refractivity contribution is 7.07. The number of nitrogens with zero attached hydrogens (tertiary/aromatic N) is 2. The molecule has 1 N–H and O–H groups in total. The molecule has 0 unspecified atom stereocenters. The summed E-state index contributed by atoms with van der Waals surface area (Å²) in [5.41, 5.74) is 0. The summed E-state index contributed by atoms with van der Waals surface area (Å²) >= 11 is 1.48. The lowest BCUT2D eigenvalue weighted by Gasteiger charge is -2.02. The van der Waals surface area contributed by atoms with Gasteiger partial charge >= 0.3 is 0 Å². The minimum absolute atomic E-state index is 0.0412. The summed E-state index contributed by atoms with van der Waals surface area (Å²) in [4.78, 5) is 16.5. The second-order valence-corrected chi connectivity index (χ2v) is 4.27. The fraction of sp³-hybridized carbons (Fsp3) is 0.556. The van der Waals surface area contributed by atoms with Crippen molar-refractivity contribution in [3.05, 3.63) is 16.4 Å². The molecule has 1 aliphatic rings. The predicted molar refractivity (Wildman–Crippen MR) is 54.9 cm³/mol. The Labute approximate surface area is 86.3 Å². The van der Waals surface area contributed by atoms with Crippen LogP contribution in [0.3, 0.4) is 0 Å². The lowest BCUT2D eigenvalue weighted by Crippen LogP contribution is -2.31. The molecule has 1 aromatic heterocycles. The Morgan fingerprint density at radius 3 is 3.21 bits per heavy atom. The smallest absolute Gasteiger partial charge is 0.265 e. The Kier molecular flexibility index (Phi) is 2.79. The topological polar surface area (TPSA) is 46.4 Å². The van der Waals surface area contributed by atoms with Gasteiger partial charge in [0.15, 0.2) is 4.80 Å². The minimum Gasteiger partial charge on any atom is -0.327 e. The highest BCUT2D eigenvalue weighted by Crippen LogP contribution is 2.05. The number of hydrogen-bond acceptors (Lipinski definition) is 3. The van der Waals surface area contributed by atoms with E-state index in [1.807, 2.05) is 23.2 Å². The first-order chi connectivity index (χ1) is 6.77. The van der Waals surface area contributed by atoms with E-state index >= 15 is 0 Å². The largest absolute Gasteiger partial charge is 0.327 e. The maximum absolute atomic E-state index is 11.6. The third kappa shape index (κ3) is 1.93. The molecular formula is C9H13N3OS. The van der Waals surface area contributed by atoms with E-state index in [9.17, 15) is 4.79 Å². The highest BCUT2D eigenvalue weighted by Gasteiger charge is 2.21. The van der Waals surface area contributed by atoms with E-state index in [1.54, 1.807) is 0 Å². The third-order valence-electron chi connectivity index (χ3n) is 2.32. The van der Waals surface area contributed by atoms with Gasteiger partial charge in [-0.1, -0.05) is 0 Å². The van der Waals surface area contributed by atoms with E-state index in [0.29, 0.717) is 0 Å². The quantitative estimate of drug-likeness (QED) is 0.724. The van der Waals surface area contributed by atoms with E-state index < -0.39 is 0 Å². The fourth-order valence-electron chi connectivity index (χ4n) is 1.50. The van der Waals surface area contributed by atoms with Crippen molar-refractivity contribution in [2.24, 2.45) is 12.0 Å². The lowest BCUT2D eigenvalue weighted by atomic mass is 10.2. The number of aryl methyl sites for hydroxylation is 1. The molecule has 1 fully saturated rings. The van der Waals surface area contributed by atoms with Crippen molar-refractivity contribution < 1.29 is 4.79 Å². The number of rotatable bonds is 1. The normalized spacial score (nSPS) is 22.9. The SMILES string of the molecule is Cn1ccsc1=NC(=O)[C@@H]1CCCN1. The van der Waals surface area contributed by atoms with E-state index in [2.05, 4.69) is 10.3 Å². The first kappa shape index (κ1) is 9.61. The van der Waals surface area contributed by atoms with Crippen molar-refractivity contribution in [1.82, 2.24) is 9.88 Å². The second-order valence-electron chi connectivity index (χ2n) is 3.40. The summed E-state index contributed by atoms with van der Waals surface area (Å²) in [6.45, 7) is 0.933. The lowest BCUT2D eigenvalue weighted by molar-refractivity contribution is -0.119. The summed E-state index contributed by atoms with van der Waals surface area (Å²) < 4.78 is 1.86. The van der Waals surface area contributed by atoms with Gasteiger partial charge in [-0.05, 0) is 19.4 Å². The average Bonchev–Trinajstić information content (AvgIpc) is 2.77. The van der Waals surface area contributed by atoms with Crippen molar-refractivity contribution in [2.75, 3.05) is 6.54 Å². The molecule has 0 aliphatic carbocycles. The van der Waals surface area contributed by atoms with Crippen LogP contribution >= 0.6 is 11.3 Å². The van der Waals surface area contributed by atoms with Crippen LogP contribution in [0.25, 0.3) is 0 Å². The summed E-state index contributed by atoms with van der Waals surface area (Å²) in [5, 5.41) is 5.07. The van der Waals surface area contributed by atoms with Crippen molar-refractivity contribution in [2.45, 2.75) is 18.9 Å². The Hall–Kier alpha value is -0.940. The molecule has 2 rings (SSSR count). The molecule has 1 atom stereocenters. The van der Waals surface area contributed by atoms with Crippen LogP contribution in [0.5, 0.6) is 0 Å². The zero-order chi connectivity index (χ0) is 9.97. The molecule has 4 nitrogen and oxygen atoms in total. The van der Waals surface area contributed by atoms with Gasteiger partial charge in [0.05, 0.1) is 6.04 Å². The van der Waals surface area contributed by atoms with Crippen LogP contribution in [-0.4, -0.2) is 23.1 Å². The van der Waals surface area contributed by atoms with Crippen molar-refractivity contribution in [1.29, 1.82) is 0 Å². The Bertz CT molecular complexity index is 387. The molecule has 0 spiro atoms. The van der Waals surface area contributed by atoms with E-state index in [1.165, 1.54) is 11.3 Å². The molecule has 0 aromatic carbocycles. The van der Waals surface area contributed by atoms with Crippen LogP contribution in [0, 0.1) is 0 Å². The Morgan fingerprint density at radius 2 is 2.64 bits per heavy atom. The van der Waals surface area contributed by atoms with Gasteiger partial charge in [0.25, 0.3) is 5.91 Å². The Balaban J connectivity index is 2.17. The summed E-state index contributed by atoms with van der Waals surface area (Å²) in [6, 6.07) is -0.0582. The van der Waals surface area contributed by atoms with Crippen molar-refractivity contribution >= 4 is 17.2 Å². The maximum atomic E-state index is 11.6. The summed E-state index contributed by atoms with van der Waals surface area (Å²) in [7, 11) is 1.89. The predicted octanol–water partition coefficient (Wildman–Crippen LogP) is 0.266. The van der Waals surface area contributed by atoms with Crippen LogP contribution < -0.4 is 10.1 Å². The highest BCUT2D eigenvalue weighted by atomic mass is 32.1. The molecule has 0 saturated carbocycles. The second kappa shape index (κ2) is 4.06. The van der Waals surface area contributed by atoms with Gasteiger partial charge in [-0.25, -0.2) is 0 Å². The number of hydrogen-bond donors (Lipinski definition) is 1. The number of carbonyl (C=O) groups is 1. The first-order valence-corrected chi connectivity index (χ1v) is 5.57. The fourth-order valence-corrected chi connectivity index (χ4v) is 2.24. The zero-order valence-corrected chi connectivity index (χ0v) is 8.88. The number of carbonyl (C=O) groups excluding carboxylic acids is 1. The number of amides is 1. The van der Waals surface area contributed by atoms with Crippen LogP contribution in [0.2, 0.25) is 0 Å².